The molecule has 0 bridgehead atoms. The maximum Gasteiger partial charge on any atom is 0.230 e. The lowest BCUT2D eigenvalue weighted by Gasteiger charge is -2.01. The quantitative estimate of drug-likeness (QED) is 0.726. The number of fused-ring (bicyclic) bond motifs is 1. The predicted molar refractivity (Wildman–Crippen MR) is 75.4 cm³/mol. The highest BCUT2D eigenvalue weighted by Crippen LogP contribution is 2.32. The van der Waals surface area contributed by atoms with Crippen LogP contribution in [0, 0.1) is 0 Å². The van der Waals surface area contributed by atoms with Gasteiger partial charge >= 0.3 is 0 Å². The molecule has 0 aliphatic rings. The Labute approximate surface area is 119 Å². The molecule has 2 heterocycles. The lowest BCUT2D eigenvalue weighted by Crippen LogP contribution is -2.07. The molecule has 0 aliphatic heterocycles. The second-order valence-corrected chi connectivity index (χ2v) is 4.49. The van der Waals surface area contributed by atoms with Gasteiger partial charge in [0.05, 0.1) is 17.3 Å². The van der Waals surface area contributed by atoms with E-state index in [0.717, 1.165) is 4.57 Å². The van der Waals surface area contributed by atoms with Gasteiger partial charge in [-0.3, -0.25) is 19.1 Å². The maximum absolute atomic E-state index is 12.5. The fourth-order valence-corrected chi connectivity index (χ4v) is 2.31. The van der Waals surface area contributed by atoms with Crippen molar-refractivity contribution in [2.75, 3.05) is 0 Å². The van der Waals surface area contributed by atoms with Crippen LogP contribution in [0.5, 0.6) is 5.88 Å². The summed E-state index contributed by atoms with van der Waals surface area (Å²) < 4.78 is 1.11. The summed E-state index contributed by atoms with van der Waals surface area (Å²) >= 11 is 0. The van der Waals surface area contributed by atoms with Crippen LogP contribution >= 0.6 is 0 Å². The fourth-order valence-electron chi connectivity index (χ4n) is 2.31. The fraction of sp³-hybridized carbons (Fsp3) is 0.0667. The van der Waals surface area contributed by atoms with Gasteiger partial charge in [0.15, 0.2) is 0 Å². The summed E-state index contributed by atoms with van der Waals surface area (Å²) in [7, 11) is 0. The molecule has 21 heavy (non-hydrogen) atoms. The number of carbonyl (C=O) groups is 2. The number of nitrogens with zero attached hydrogens (tertiary/aromatic N) is 3. The first kappa shape index (κ1) is 13.0. The highest BCUT2D eigenvalue weighted by molar-refractivity contribution is 6.18. The molecule has 0 saturated heterocycles. The van der Waals surface area contributed by atoms with Crippen LogP contribution in [0.3, 0.4) is 0 Å². The van der Waals surface area contributed by atoms with Crippen molar-refractivity contribution in [1.82, 2.24) is 14.5 Å². The second-order valence-electron chi connectivity index (χ2n) is 4.49. The normalized spacial score (nSPS) is 10.7. The minimum absolute atomic E-state index is 0.0568. The Bertz CT molecular complexity index is 853. The molecule has 0 spiro atoms. The summed E-state index contributed by atoms with van der Waals surface area (Å²) in [6, 6.07) is 6.82. The third kappa shape index (κ3) is 1.97. The lowest BCUT2D eigenvalue weighted by atomic mass is 10.1. The molecular formula is C15H11N3O3. The largest absolute Gasteiger partial charge is 0.494 e. The molecular weight excluding hydrogens is 270 g/mol. The van der Waals surface area contributed by atoms with Crippen molar-refractivity contribution in [2.24, 2.45) is 0 Å². The molecule has 3 aromatic rings. The van der Waals surface area contributed by atoms with Gasteiger partial charge in [0, 0.05) is 24.7 Å². The molecule has 1 aromatic carbocycles. The van der Waals surface area contributed by atoms with E-state index in [0.29, 0.717) is 10.9 Å². The van der Waals surface area contributed by atoms with E-state index in [-0.39, 0.29) is 23.0 Å². The van der Waals surface area contributed by atoms with Crippen LogP contribution in [0.1, 0.15) is 27.8 Å². The summed E-state index contributed by atoms with van der Waals surface area (Å²) in [6.07, 6.45) is 4.17. The molecule has 0 unspecified atom stereocenters. The van der Waals surface area contributed by atoms with E-state index < -0.39 is 5.78 Å². The van der Waals surface area contributed by atoms with Crippen molar-refractivity contribution in [3.63, 3.8) is 0 Å². The van der Waals surface area contributed by atoms with E-state index in [9.17, 15) is 14.7 Å². The molecule has 0 aliphatic carbocycles. The first-order valence-electron chi connectivity index (χ1n) is 6.25. The van der Waals surface area contributed by atoms with Crippen molar-refractivity contribution in [3.8, 4) is 5.88 Å². The Kier molecular flexibility index (Phi) is 2.98. The van der Waals surface area contributed by atoms with Gasteiger partial charge in [-0.25, -0.2) is 4.98 Å². The van der Waals surface area contributed by atoms with Crippen molar-refractivity contribution in [2.45, 2.75) is 6.92 Å². The topological polar surface area (TPSA) is 85.1 Å². The van der Waals surface area contributed by atoms with E-state index in [4.69, 9.17) is 0 Å². The number of aromatic hydroxyl groups is 1. The molecule has 1 N–H and O–H groups in total. The standard InChI is InChI=1S/C15H11N3O3/c1-9(19)18-12-5-3-2-4-10(12)13(15(18)21)14(20)11-8-16-6-7-17-11/h2-8,21H,1H3. The van der Waals surface area contributed by atoms with Crippen LogP contribution in [-0.2, 0) is 0 Å². The molecule has 0 radical (unpaired) electrons. The van der Waals surface area contributed by atoms with E-state index in [2.05, 4.69) is 9.97 Å². The molecule has 0 atom stereocenters. The van der Waals surface area contributed by atoms with E-state index in [1.54, 1.807) is 24.3 Å². The summed E-state index contributed by atoms with van der Waals surface area (Å²) in [5.74, 6) is -1.22. The number of carbonyl (C=O) groups excluding carboxylic acids is 2. The highest BCUT2D eigenvalue weighted by Gasteiger charge is 2.25. The van der Waals surface area contributed by atoms with Gasteiger partial charge in [-0.1, -0.05) is 18.2 Å². The molecule has 0 amide bonds. The van der Waals surface area contributed by atoms with E-state index >= 15 is 0 Å². The Hall–Kier alpha value is -3.02. The SMILES string of the molecule is CC(=O)n1c(O)c(C(=O)c2cnccn2)c2ccccc21. The number of hydrogen-bond acceptors (Lipinski definition) is 5. The summed E-state index contributed by atoms with van der Waals surface area (Å²) in [4.78, 5) is 32.0. The van der Waals surface area contributed by atoms with Gasteiger partial charge in [0.2, 0.25) is 17.6 Å². The Balaban J connectivity index is 2.31. The number of rotatable bonds is 2. The van der Waals surface area contributed by atoms with Gasteiger partial charge < -0.3 is 5.11 Å². The van der Waals surface area contributed by atoms with Crippen LogP contribution in [0.25, 0.3) is 10.9 Å². The van der Waals surface area contributed by atoms with Gasteiger partial charge in [0.25, 0.3) is 0 Å². The van der Waals surface area contributed by atoms with Gasteiger partial charge in [0.1, 0.15) is 5.69 Å². The van der Waals surface area contributed by atoms with Crippen molar-refractivity contribution >= 4 is 22.6 Å². The smallest absolute Gasteiger partial charge is 0.230 e. The van der Waals surface area contributed by atoms with Crippen molar-refractivity contribution in [1.29, 1.82) is 0 Å². The predicted octanol–water partition coefficient (Wildman–Crippen LogP) is 2.03. The molecule has 104 valence electrons. The van der Waals surface area contributed by atoms with E-state index in [1.807, 2.05) is 0 Å². The maximum atomic E-state index is 12.5. The minimum Gasteiger partial charge on any atom is -0.494 e. The number of para-hydroxylation sites is 1. The minimum atomic E-state index is -0.475. The van der Waals surface area contributed by atoms with Crippen LogP contribution < -0.4 is 0 Å². The first-order valence-corrected chi connectivity index (χ1v) is 6.25. The summed E-state index contributed by atoms with van der Waals surface area (Å²) in [6.45, 7) is 1.32. The average molecular weight is 281 g/mol. The lowest BCUT2D eigenvalue weighted by molar-refractivity contribution is 0.0933. The number of aromatic nitrogens is 3. The van der Waals surface area contributed by atoms with Gasteiger partial charge in [-0.05, 0) is 6.07 Å². The number of ketones is 1. The number of hydrogen-bond donors (Lipinski definition) is 1. The third-order valence-electron chi connectivity index (χ3n) is 3.19. The Morgan fingerprint density at radius 1 is 1.19 bits per heavy atom. The molecule has 3 rings (SSSR count). The molecule has 0 saturated carbocycles. The highest BCUT2D eigenvalue weighted by atomic mass is 16.3. The molecule has 2 aromatic heterocycles. The second kappa shape index (κ2) is 4.82. The van der Waals surface area contributed by atoms with Crippen LogP contribution in [0.4, 0.5) is 0 Å². The zero-order valence-corrected chi connectivity index (χ0v) is 11.1. The van der Waals surface area contributed by atoms with Gasteiger partial charge in [-0.15, -0.1) is 0 Å². The van der Waals surface area contributed by atoms with Gasteiger partial charge in [-0.2, -0.15) is 0 Å². The molecule has 0 fully saturated rings. The zero-order chi connectivity index (χ0) is 15.0. The average Bonchev–Trinajstić information content (AvgIpc) is 2.79. The third-order valence-corrected chi connectivity index (χ3v) is 3.19. The molecule has 6 nitrogen and oxygen atoms in total. The summed E-state index contributed by atoms with van der Waals surface area (Å²) in [5.41, 5.74) is 0.648. The van der Waals surface area contributed by atoms with Crippen LogP contribution in [-0.4, -0.2) is 31.3 Å². The van der Waals surface area contributed by atoms with Crippen molar-refractivity contribution in [3.05, 3.63) is 54.1 Å². The Morgan fingerprint density at radius 3 is 2.62 bits per heavy atom. The Morgan fingerprint density at radius 2 is 1.95 bits per heavy atom. The van der Waals surface area contributed by atoms with E-state index in [1.165, 1.54) is 25.5 Å². The van der Waals surface area contributed by atoms with Crippen molar-refractivity contribution < 1.29 is 14.7 Å². The van der Waals surface area contributed by atoms with Crippen LogP contribution in [0.15, 0.2) is 42.9 Å². The summed E-state index contributed by atoms with van der Waals surface area (Å²) in [5, 5.41) is 10.8. The molecule has 6 heteroatoms. The van der Waals surface area contributed by atoms with Crippen LogP contribution in [0.2, 0.25) is 0 Å². The zero-order valence-electron chi connectivity index (χ0n) is 11.1. The first-order chi connectivity index (χ1) is 10.1. The number of benzene rings is 1. The monoisotopic (exact) mass is 281 g/mol.